The Morgan fingerprint density at radius 1 is 0.508 bits per heavy atom. The van der Waals surface area contributed by atoms with Crippen LogP contribution in [0.2, 0.25) is 10.0 Å². The minimum atomic E-state index is -2.60. The lowest BCUT2D eigenvalue weighted by atomic mass is 9.89. The molecule has 0 saturated carbocycles. The summed E-state index contributed by atoms with van der Waals surface area (Å²) < 4.78 is 57.2. The second-order valence-electron chi connectivity index (χ2n) is 32.1. The molecule has 44 heteroatoms. The number of hydrogen-bond donors (Lipinski definition) is 23. The number of ketones is 1. The fraction of sp³-hybridized carbons (Fsp3) is 0.386. The predicted molar refractivity (Wildman–Crippen MR) is 450 cm³/mol. The number of benzene rings is 7. The molecule has 9 aliphatic heterocycles. The molecule has 132 heavy (non-hydrogen) atoms. The molecule has 7 aromatic carbocycles. The summed E-state index contributed by atoms with van der Waals surface area (Å²) in [5.74, 6) is -22.1. The molecule has 42 nitrogen and oxygen atoms in total. The third-order valence-electron chi connectivity index (χ3n) is 22.9. The van der Waals surface area contributed by atoms with E-state index in [4.69, 9.17) is 65.8 Å². The van der Waals surface area contributed by atoms with Crippen LogP contribution in [0.4, 0.5) is 0 Å². The van der Waals surface area contributed by atoms with Crippen molar-refractivity contribution in [2.75, 3.05) is 19.8 Å². The molecule has 16 rings (SSSR count). The van der Waals surface area contributed by atoms with Gasteiger partial charge in [-0.15, -0.1) is 0 Å². The van der Waals surface area contributed by atoms with Crippen molar-refractivity contribution in [1.29, 1.82) is 0 Å². The number of fused-ring (bicyclic) bond motifs is 14. The van der Waals surface area contributed by atoms with Crippen LogP contribution in [0, 0.1) is 0 Å². The number of amides is 8. The Balaban J connectivity index is 1.04. The first-order valence-electron chi connectivity index (χ1n) is 41.5. The number of phenolic OH excluding ortho intramolecular Hbond substituents is 4. The smallest absolute Gasteiger partial charge is 0.330 e. The highest BCUT2D eigenvalue weighted by molar-refractivity contribution is 6.43. The molecule has 9 heterocycles. The third kappa shape index (κ3) is 20.5. The highest BCUT2D eigenvalue weighted by Gasteiger charge is 2.52. The maximum atomic E-state index is 17.0. The molecule has 22 atom stereocenters. The van der Waals surface area contributed by atoms with Gasteiger partial charge in [0.2, 0.25) is 65.5 Å². The third-order valence-corrected chi connectivity index (χ3v) is 23.5. The van der Waals surface area contributed by atoms with Crippen LogP contribution in [0.15, 0.2) is 127 Å². The van der Waals surface area contributed by atoms with E-state index in [1.54, 1.807) is 6.08 Å². The molecule has 0 aromatic heterocycles. The van der Waals surface area contributed by atoms with Crippen molar-refractivity contribution in [3.63, 3.8) is 0 Å². The van der Waals surface area contributed by atoms with Crippen molar-refractivity contribution in [1.82, 2.24) is 42.5 Å². The number of carboxylic acid groups (broad SMARTS) is 1. The Morgan fingerprint density at radius 3 is 1.72 bits per heavy atom. The zero-order chi connectivity index (χ0) is 94.7. The van der Waals surface area contributed by atoms with Crippen molar-refractivity contribution in [2.45, 2.75) is 193 Å². The molecule has 8 amide bonds. The average Bonchev–Trinajstić information content (AvgIpc) is 0.757. The minimum absolute atomic E-state index is 0.0888. The van der Waals surface area contributed by atoms with Gasteiger partial charge in [-0.05, 0) is 132 Å². The number of rotatable bonds is 19. The Kier molecular flexibility index (Phi) is 29.4. The van der Waals surface area contributed by atoms with E-state index in [9.17, 15) is 101 Å². The number of nitrogens with one attached hydrogen (secondary N) is 8. The number of ether oxygens (including phenoxy) is 9. The Bertz CT molecular complexity index is 5650. The van der Waals surface area contributed by atoms with E-state index in [1.807, 2.05) is 13.0 Å². The van der Waals surface area contributed by atoms with Crippen LogP contribution in [-0.4, -0.2) is 260 Å². The summed E-state index contributed by atoms with van der Waals surface area (Å²) in [5, 5.41) is 189. The Morgan fingerprint density at radius 2 is 1.08 bits per heavy atom. The largest absolute Gasteiger partial charge is 0.508 e. The van der Waals surface area contributed by atoms with Crippen LogP contribution in [0.3, 0.4) is 0 Å². The first kappa shape index (κ1) is 95.5. The van der Waals surface area contributed by atoms with Gasteiger partial charge >= 0.3 is 5.97 Å². The normalized spacial score (nSPS) is 28.4. The number of Topliss-reactive ketones (excluding diaryl/α,β-unsaturated/α-hetero) is 1. The highest BCUT2D eigenvalue weighted by Crippen LogP contribution is 2.51. The van der Waals surface area contributed by atoms with Gasteiger partial charge in [-0.3, -0.25) is 43.2 Å². The molecule has 9 aliphatic rings. The Labute approximate surface area is 757 Å². The number of allylic oxidation sites excluding steroid dienone is 2. The van der Waals surface area contributed by atoms with Crippen LogP contribution in [0.5, 0.6) is 69.0 Å². The molecule has 3 saturated heterocycles. The molecular formula is C88H92Cl2N8O34. The Hall–Kier alpha value is -12.6. The maximum absolute atomic E-state index is 17.0. The monoisotopic (exact) mass is 1870 g/mol. The second kappa shape index (κ2) is 40.6. The molecule has 702 valence electrons. The molecule has 0 radical (unpaired) electrons. The number of aliphatic hydroxyl groups is 10. The predicted octanol–water partition coefficient (Wildman–Crippen LogP) is 1.12. The first-order chi connectivity index (χ1) is 63.0. The lowest BCUT2D eigenvalue weighted by molar-refractivity contribution is -0.284. The van der Waals surface area contributed by atoms with Gasteiger partial charge in [0.25, 0.3) is 5.91 Å². The summed E-state index contributed by atoms with van der Waals surface area (Å²) in [6.07, 6.45) is -22.5. The van der Waals surface area contributed by atoms with E-state index >= 15 is 24.0 Å². The van der Waals surface area contributed by atoms with Gasteiger partial charge in [0.05, 0.1) is 29.9 Å². The fourth-order valence-corrected chi connectivity index (χ4v) is 16.6. The van der Waals surface area contributed by atoms with E-state index in [2.05, 4.69) is 42.5 Å². The van der Waals surface area contributed by atoms with Crippen molar-refractivity contribution < 1.29 is 167 Å². The molecule has 0 unspecified atom stereocenters. The average molecular weight is 1880 g/mol. The number of aliphatic carboxylic acids is 1. The molecule has 3 fully saturated rings. The zero-order valence-corrected chi connectivity index (χ0v) is 71.1. The molecule has 17 bridgehead atoms. The van der Waals surface area contributed by atoms with Crippen LogP contribution < -0.4 is 66.2 Å². The van der Waals surface area contributed by atoms with Crippen LogP contribution in [-0.2, 0) is 68.5 Å². The van der Waals surface area contributed by atoms with Gasteiger partial charge in [0.1, 0.15) is 150 Å². The van der Waals surface area contributed by atoms with E-state index in [0.717, 1.165) is 123 Å². The van der Waals surface area contributed by atoms with E-state index in [-0.39, 0.29) is 29.2 Å². The van der Waals surface area contributed by atoms with Crippen LogP contribution in [0.25, 0.3) is 11.1 Å². The number of aliphatic hydroxyl groups excluding tert-OH is 10. The summed E-state index contributed by atoms with van der Waals surface area (Å²) >= 11 is 14.7. The van der Waals surface area contributed by atoms with Gasteiger partial charge in [-0.1, -0.05) is 73.3 Å². The van der Waals surface area contributed by atoms with Crippen molar-refractivity contribution >= 4 is 82.2 Å². The lowest BCUT2D eigenvalue weighted by Gasteiger charge is -2.44. The number of phenols is 4. The lowest BCUT2D eigenvalue weighted by Crippen LogP contribution is -2.65. The molecular weight excluding hydrogens is 1780 g/mol. The van der Waals surface area contributed by atoms with Gasteiger partial charge < -0.3 is 162 Å². The summed E-state index contributed by atoms with van der Waals surface area (Å²) in [5.41, 5.74) is -4.43. The second-order valence-corrected chi connectivity index (χ2v) is 32.9. The number of carbonyl (C=O) groups excluding carboxylic acids is 9. The van der Waals surface area contributed by atoms with Gasteiger partial charge in [-0.2, -0.15) is 0 Å². The van der Waals surface area contributed by atoms with Crippen molar-refractivity contribution in [3.05, 3.63) is 176 Å². The SMILES string of the molecule is CCCCC/C=C\CCC(=O)N[C@H]1[C@H](Oc2c3cc4cc2Oc2ccc(cc2Cl)[C@@H](O[C@@H]2O[C@H](CO)[C@@H](O)[C@H](O)[C@H]2NC(C)=O)[C@@H]2NC(=O)[C@H](NC(=O)[C@@H]4NC(=O)[C@H]4NC(=O)[C@@H](Cc5ccc(c(Cl)c5)O3)NC(=O)C(=O)c3ccc(O)c(c3)Oc3cc(O)cc4c3)c3ccc(O)c(c3)-c3c(O[C@H]4O[C@H](CO)[C@@H](O)[C@H](O)[C@@H]4O)cc(O)cc3[C@H](C(=O)O)NC2=O)O[C@H](CO)[C@@H](O)[C@@H]1O. The number of carboxylic acids is 1. The van der Waals surface area contributed by atoms with Gasteiger partial charge in [-0.25, -0.2) is 4.79 Å². The van der Waals surface area contributed by atoms with E-state index < -0.39 is 332 Å². The molecule has 7 aromatic rings. The van der Waals surface area contributed by atoms with E-state index in [1.165, 1.54) is 18.2 Å². The summed E-state index contributed by atoms with van der Waals surface area (Å²) in [6, 6.07) is 0.916. The highest BCUT2D eigenvalue weighted by atomic mass is 35.5. The number of unbranched alkanes of at least 4 members (excludes halogenated alkanes) is 3. The van der Waals surface area contributed by atoms with Gasteiger partial charge in [0.15, 0.2) is 35.3 Å². The molecule has 0 aliphatic carbocycles. The molecule has 0 spiro atoms. The van der Waals surface area contributed by atoms with Crippen LogP contribution >= 0.6 is 23.2 Å². The van der Waals surface area contributed by atoms with E-state index in [0.29, 0.717) is 6.42 Å². The molecule has 23 N–H and O–H groups in total. The maximum Gasteiger partial charge on any atom is 0.330 e. The minimum Gasteiger partial charge on any atom is -0.508 e. The quantitative estimate of drug-likeness (QED) is 0.0306. The van der Waals surface area contributed by atoms with Crippen molar-refractivity contribution in [2.24, 2.45) is 0 Å². The zero-order valence-electron chi connectivity index (χ0n) is 69.6. The number of halogens is 2. The number of aromatic hydroxyl groups is 4. The summed E-state index contributed by atoms with van der Waals surface area (Å²) in [6.45, 7) is -0.182. The topological polar surface area (TPSA) is 653 Å². The number of hydrogen-bond acceptors (Lipinski definition) is 33. The standard InChI is InChI=1S/C88H92Cl2N8O34/c1-3-4-5-6-7-8-9-10-60(107)93-67-74(113)71(110)58(32-100)129-87(67)132-78-55-26-40-27-56(78)126-52-18-14-38(24-47(52)90)77(131-86-66(91-34(2)102)73(112)70(109)57(31-99)128-86)68-83(120)97-65(85(122)123)45-29-42(104)30-54(127-88-76(115)75(114)72(111)59(33-101)130-88)61(45)44-23-36(12-15-49(44)105)62(80(117)98-68)95-82(119)64(40)96-81(118)63-39-21-41(103)28-43(22-39)124-53-25-37(13-16-50(53)106)69(108)84(121)92-48(79(116)94-63)20-35-11-17-51(125-55)46(89)19-35/h7-8,11-19,21-30,48,57-59,62-68,70-77,86-88,99-101,103-106,109-115H,3-6,9-10,20,31-33H2,1-2H3,(H,91,102)(H,92,121)(H,93,107)(H,94,116)(H,95,119)(H,96,118)(H,97,120)(H,98,117)(H,122,123)/b8-7-/t48-,57-,58-,59-,62-,63+,64-,65-,66-,67-,68+,70-,71-,72-,73-,74-,75+,76+,77-,86+,87+,88+/m1/s1. The fourth-order valence-electron chi connectivity index (χ4n) is 16.1. The van der Waals surface area contributed by atoms with Crippen LogP contribution in [0.1, 0.15) is 126 Å². The summed E-state index contributed by atoms with van der Waals surface area (Å²) in [4.78, 5) is 152. The van der Waals surface area contributed by atoms with Gasteiger partial charge in [0, 0.05) is 54.2 Å². The first-order valence-corrected chi connectivity index (χ1v) is 42.3. The summed E-state index contributed by atoms with van der Waals surface area (Å²) in [7, 11) is 0. The number of carbonyl (C=O) groups is 10. The van der Waals surface area contributed by atoms with Crippen molar-refractivity contribution in [3.8, 4) is 80.1 Å².